The van der Waals surface area contributed by atoms with E-state index < -0.39 is 0 Å². The number of carbonyl (C=O) groups is 1. The number of H-pyrrole nitrogens is 1. The molecule has 0 saturated heterocycles. The van der Waals surface area contributed by atoms with E-state index in [9.17, 15) is 14.4 Å². The number of nitrogens with zero attached hydrogens (tertiary/aromatic N) is 2. The van der Waals surface area contributed by atoms with Crippen LogP contribution in [-0.4, -0.2) is 34.2 Å². The first-order valence-electron chi connectivity index (χ1n) is 8.52. The molecule has 128 valence electrons. The van der Waals surface area contributed by atoms with Crippen molar-refractivity contribution in [3.63, 3.8) is 0 Å². The van der Waals surface area contributed by atoms with Gasteiger partial charge in [0.25, 0.3) is 11.1 Å². The number of carbonyl (C=O) groups excluding carboxylic acids is 1. The lowest BCUT2D eigenvalue weighted by atomic mass is 9.89. The third-order valence-electron chi connectivity index (χ3n) is 4.86. The van der Waals surface area contributed by atoms with Gasteiger partial charge in [-0.1, -0.05) is 31.4 Å². The van der Waals surface area contributed by atoms with Crippen LogP contribution >= 0.6 is 0 Å². The number of hydrogen-bond acceptors (Lipinski definition) is 3. The van der Waals surface area contributed by atoms with Crippen LogP contribution in [0.5, 0.6) is 0 Å². The maximum absolute atomic E-state index is 12.5. The van der Waals surface area contributed by atoms with Crippen molar-refractivity contribution in [3.8, 4) is 0 Å². The number of likely N-dealkylation sites (N-methyl/N-ethyl adjacent to an activating group) is 1. The Morgan fingerprint density at radius 2 is 1.83 bits per heavy atom. The molecule has 1 heterocycles. The summed E-state index contributed by atoms with van der Waals surface area (Å²) < 4.78 is 1.12. The molecule has 1 amide bonds. The normalized spacial score (nSPS) is 15.5. The molecule has 0 spiro atoms. The van der Waals surface area contributed by atoms with Crippen molar-refractivity contribution in [3.05, 3.63) is 45.0 Å². The molecule has 1 saturated carbocycles. The Hall–Kier alpha value is -2.37. The second-order valence-electron chi connectivity index (χ2n) is 6.66. The van der Waals surface area contributed by atoms with E-state index in [2.05, 4.69) is 5.10 Å². The number of hydrogen-bond donors (Lipinski definition) is 1. The Kier molecular flexibility index (Phi) is 4.83. The third-order valence-corrected chi connectivity index (χ3v) is 4.86. The molecule has 1 aromatic heterocycles. The minimum atomic E-state index is -0.354. The maximum Gasteiger partial charge on any atom is 0.273 e. The van der Waals surface area contributed by atoms with E-state index in [1.165, 1.54) is 19.3 Å². The SMILES string of the molecule is CN(CC1CCCCC1)C(=O)Cn1[nH]c(=O)c2ccccc2c1=O. The highest BCUT2D eigenvalue weighted by Gasteiger charge is 2.19. The summed E-state index contributed by atoms with van der Waals surface area (Å²) in [4.78, 5) is 38.6. The van der Waals surface area contributed by atoms with Crippen LogP contribution in [-0.2, 0) is 11.3 Å². The minimum absolute atomic E-state index is 0.137. The number of benzene rings is 1. The van der Waals surface area contributed by atoms with Crippen molar-refractivity contribution in [2.75, 3.05) is 13.6 Å². The number of fused-ring (bicyclic) bond motifs is 1. The summed E-state index contributed by atoms with van der Waals surface area (Å²) in [6.45, 7) is 0.577. The summed E-state index contributed by atoms with van der Waals surface area (Å²) in [6.07, 6.45) is 6.05. The summed E-state index contributed by atoms with van der Waals surface area (Å²) in [5, 5.41) is 3.19. The van der Waals surface area contributed by atoms with Crippen molar-refractivity contribution in [2.45, 2.75) is 38.6 Å². The standard InChI is InChI=1S/C18H23N3O3/c1-20(11-13-7-3-2-4-8-13)16(22)12-21-18(24)15-10-6-5-9-14(15)17(23)19-21/h5-6,9-10,13H,2-4,7-8,11-12H2,1H3,(H,19,23). The Balaban J connectivity index is 1.76. The van der Waals surface area contributed by atoms with Gasteiger partial charge in [0, 0.05) is 13.6 Å². The monoisotopic (exact) mass is 329 g/mol. The molecule has 3 rings (SSSR count). The van der Waals surface area contributed by atoms with E-state index in [4.69, 9.17) is 0 Å². The van der Waals surface area contributed by atoms with Crippen molar-refractivity contribution in [1.29, 1.82) is 0 Å². The smallest absolute Gasteiger partial charge is 0.273 e. The molecule has 24 heavy (non-hydrogen) atoms. The van der Waals surface area contributed by atoms with Crippen LogP contribution in [0.25, 0.3) is 10.8 Å². The molecule has 1 aliphatic rings. The van der Waals surface area contributed by atoms with E-state index >= 15 is 0 Å². The number of amides is 1. The molecule has 0 aliphatic heterocycles. The molecule has 1 aliphatic carbocycles. The average molecular weight is 329 g/mol. The van der Waals surface area contributed by atoms with Crippen molar-refractivity contribution < 1.29 is 4.79 Å². The van der Waals surface area contributed by atoms with Gasteiger partial charge < -0.3 is 4.90 Å². The second-order valence-corrected chi connectivity index (χ2v) is 6.66. The summed E-state index contributed by atoms with van der Waals surface area (Å²) in [5.74, 6) is 0.383. The lowest BCUT2D eigenvalue weighted by molar-refractivity contribution is -0.131. The van der Waals surface area contributed by atoms with Gasteiger partial charge in [0.2, 0.25) is 5.91 Å². The Labute approximate surface area is 140 Å². The zero-order chi connectivity index (χ0) is 17.1. The average Bonchev–Trinajstić information content (AvgIpc) is 2.60. The molecule has 0 atom stereocenters. The Morgan fingerprint density at radius 1 is 1.17 bits per heavy atom. The first-order chi connectivity index (χ1) is 11.6. The van der Waals surface area contributed by atoms with Crippen LogP contribution in [0, 0.1) is 5.92 Å². The molecule has 6 nitrogen and oxygen atoms in total. The van der Waals surface area contributed by atoms with Crippen molar-refractivity contribution in [1.82, 2.24) is 14.7 Å². The Morgan fingerprint density at radius 3 is 2.54 bits per heavy atom. The summed E-state index contributed by atoms with van der Waals surface area (Å²) in [5.41, 5.74) is -0.697. The van der Waals surface area contributed by atoms with Gasteiger partial charge in [0.05, 0.1) is 10.8 Å². The predicted octanol–water partition coefficient (Wildman–Crippen LogP) is 1.73. The maximum atomic E-state index is 12.5. The van der Waals surface area contributed by atoms with Crippen LogP contribution in [0.2, 0.25) is 0 Å². The molecule has 1 N–H and O–H groups in total. The third kappa shape index (κ3) is 3.42. The van der Waals surface area contributed by atoms with Gasteiger partial charge >= 0.3 is 0 Å². The van der Waals surface area contributed by atoms with E-state index in [1.54, 1.807) is 36.2 Å². The lowest BCUT2D eigenvalue weighted by Gasteiger charge is -2.27. The van der Waals surface area contributed by atoms with Crippen LogP contribution in [0.4, 0.5) is 0 Å². The highest BCUT2D eigenvalue weighted by molar-refractivity contribution is 5.81. The molecular weight excluding hydrogens is 306 g/mol. The molecule has 1 aromatic carbocycles. The van der Waals surface area contributed by atoms with Crippen LogP contribution < -0.4 is 11.1 Å². The topological polar surface area (TPSA) is 75.2 Å². The number of aromatic nitrogens is 2. The quantitative estimate of drug-likeness (QED) is 0.928. The zero-order valence-electron chi connectivity index (χ0n) is 14.0. The lowest BCUT2D eigenvalue weighted by Crippen LogP contribution is -2.39. The predicted molar refractivity (Wildman–Crippen MR) is 93.0 cm³/mol. The zero-order valence-corrected chi connectivity index (χ0v) is 14.0. The second kappa shape index (κ2) is 7.03. The van der Waals surface area contributed by atoms with Crippen LogP contribution in [0.3, 0.4) is 0 Å². The first-order valence-corrected chi connectivity index (χ1v) is 8.52. The van der Waals surface area contributed by atoms with Crippen LogP contribution in [0.15, 0.2) is 33.9 Å². The van der Waals surface area contributed by atoms with E-state index in [-0.39, 0.29) is 23.6 Å². The van der Waals surface area contributed by atoms with Gasteiger partial charge in [-0.2, -0.15) is 0 Å². The fourth-order valence-electron chi connectivity index (χ4n) is 3.47. The fourth-order valence-corrected chi connectivity index (χ4v) is 3.47. The highest BCUT2D eigenvalue weighted by atomic mass is 16.2. The van der Waals surface area contributed by atoms with E-state index in [0.717, 1.165) is 17.5 Å². The summed E-state index contributed by atoms with van der Waals surface area (Å²) in [7, 11) is 1.77. The van der Waals surface area contributed by atoms with Crippen LogP contribution in [0.1, 0.15) is 32.1 Å². The molecule has 0 unspecified atom stereocenters. The van der Waals surface area contributed by atoms with Gasteiger partial charge in [-0.25, -0.2) is 4.68 Å². The molecule has 1 fully saturated rings. The van der Waals surface area contributed by atoms with Gasteiger partial charge in [-0.3, -0.25) is 19.5 Å². The van der Waals surface area contributed by atoms with E-state index in [1.807, 2.05) is 0 Å². The van der Waals surface area contributed by atoms with Gasteiger partial charge in [0.1, 0.15) is 6.54 Å². The Bertz CT molecular complexity index is 846. The van der Waals surface area contributed by atoms with Crippen molar-refractivity contribution in [2.24, 2.45) is 5.92 Å². The van der Waals surface area contributed by atoms with E-state index in [0.29, 0.717) is 23.2 Å². The molecule has 0 bridgehead atoms. The van der Waals surface area contributed by atoms with Gasteiger partial charge in [-0.15, -0.1) is 0 Å². The van der Waals surface area contributed by atoms with Gasteiger partial charge in [-0.05, 0) is 30.9 Å². The summed E-state index contributed by atoms with van der Waals surface area (Å²) >= 11 is 0. The minimum Gasteiger partial charge on any atom is -0.344 e. The largest absolute Gasteiger partial charge is 0.344 e. The number of rotatable bonds is 4. The fraction of sp³-hybridized carbons (Fsp3) is 0.500. The molecular formula is C18H23N3O3. The summed E-state index contributed by atoms with van der Waals surface area (Å²) in [6, 6.07) is 6.64. The van der Waals surface area contributed by atoms with Gasteiger partial charge in [0.15, 0.2) is 0 Å². The van der Waals surface area contributed by atoms with Crippen molar-refractivity contribution >= 4 is 16.7 Å². The number of aromatic amines is 1. The molecule has 2 aromatic rings. The highest BCUT2D eigenvalue weighted by Crippen LogP contribution is 2.24. The number of nitrogens with one attached hydrogen (secondary N) is 1. The molecule has 0 radical (unpaired) electrons. The molecule has 6 heteroatoms. The first kappa shape index (κ1) is 16.5.